The predicted molar refractivity (Wildman–Crippen MR) is 148 cm³/mol. The van der Waals surface area contributed by atoms with Crippen LogP contribution in [0.25, 0.3) is 0 Å². The molecule has 0 saturated heterocycles. The summed E-state index contributed by atoms with van der Waals surface area (Å²) in [4.78, 5) is 41.8. The molecular weight excluding hydrogens is 538 g/mol. The first-order chi connectivity index (χ1) is 18.6. The second-order valence-corrected chi connectivity index (χ2v) is 11.7. The van der Waals surface area contributed by atoms with Crippen LogP contribution in [0.4, 0.5) is 0 Å². The number of nitrogens with zero attached hydrogens (tertiary/aromatic N) is 2. The van der Waals surface area contributed by atoms with Crippen LogP contribution in [-0.4, -0.2) is 54.0 Å². The summed E-state index contributed by atoms with van der Waals surface area (Å²) in [7, 11) is -4.22. The van der Waals surface area contributed by atoms with Crippen LogP contribution < -0.4 is 5.32 Å². The SMILES string of the molecule is CC[C@H](C)NC(=O)[C@H](Cc1ccccc1)N(Cc1ccccc1Cl)C(=O)CN1C(=O)c2ccccc2S1(=O)=O. The van der Waals surface area contributed by atoms with Crippen molar-refractivity contribution in [3.63, 3.8) is 0 Å². The molecule has 0 aromatic heterocycles. The van der Waals surface area contributed by atoms with E-state index < -0.39 is 34.4 Å². The van der Waals surface area contributed by atoms with Crippen molar-refractivity contribution in [2.45, 2.75) is 50.2 Å². The molecule has 0 spiro atoms. The lowest BCUT2D eigenvalue weighted by Gasteiger charge is -2.33. The Labute approximate surface area is 233 Å². The summed E-state index contributed by atoms with van der Waals surface area (Å²) < 4.78 is 26.9. The Morgan fingerprint density at radius 2 is 1.62 bits per heavy atom. The normalized spacial score (nSPS) is 15.4. The van der Waals surface area contributed by atoms with Gasteiger partial charge in [0.25, 0.3) is 15.9 Å². The number of benzene rings is 3. The van der Waals surface area contributed by atoms with Crippen molar-refractivity contribution in [1.29, 1.82) is 0 Å². The van der Waals surface area contributed by atoms with Gasteiger partial charge in [0.15, 0.2) is 0 Å². The van der Waals surface area contributed by atoms with E-state index in [0.29, 0.717) is 21.3 Å². The van der Waals surface area contributed by atoms with Crippen LogP contribution in [-0.2, 0) is 32.6 Å². The van der Waals surface area contributed by atoms with Gasteiger partial charge < -0.3 is 10.2 Å². The number of carbonyl (C=O) groups is 3. The fourth-order valence-corrected chi connectivity index (χ4v) is 6.12. The molecule has 0 aliphatic carbocycles. The third-order valence-electron chi connectivity index (χ3n) is 6.76. The smallest absolute Gasteiger partial charge is 0.269 e. The first-order valence-electron chi connectivity index (χ1n) is 12.7. The van der Waals surface area contributed by atoms with E-state index in [1.165, 1.54) is 23.1 Å². The van der Waals surface area contributed by atoms with Crippen LogP contribution in [0, 0.1) is 0 Å². The number of nitrogens with one attached hydrogen (secondary N) is 1. The number of halogens is 1. The molecule has 39 heavy (non-hydrogen) atoms. The van der Waals surface area contributed by atoms with Crippen molar-refractivity contribution in [1.82, 2.24) is 14.5 Å². The molecule has 1 N–H and O–H groups in total. The lowest BCUT2D eigenvalue weighted by Crippen LogP contribution is -2.54. The van der Waals surface area contributed by atoms with E-state index in [9.17, 15) is 22.8 Å². The van der Waals surface area contributed by atoms with Gasteiger partial charge in [-0.05, 0) is 42.7 Å². The Morgan fingerprint density at radius 1 is 0.974 bits per heavy atom. The summed E-state index contributed by atoms with van der Waals surface area (Å²) in [6, 6.07) is 20.9. The predicted octanol–water partition coefficient (Wildman–Crippen LogP) is 4.04. The zero-order chi connectivity index (χ0) is 28.2. The van der Waals surface area contributed by atoms with Crippen LogP contribution >= 0.6 is 11.6 Å². The second-order valence-electron chi connectivity index (χ2n) is 9.45. The van der Waals surface area contributed by atoms with E-state index in [2.05, 4.69) is 5.32 Å². The van der Waals surface area contributed by atoms with Gasteiger partial charge in [-0.3, -0.25) is 14.4 Å². The molecule has 3 aromatic carbocycles. The van der Waals surface area contributed by atoms with Crippen LogP contribution in [0.15, 0.2) is 83.8 Å². The molecule has 8 nitrogen and oxygen atoms in total. The largest absolute Gasteiger partial charge is 0.352 e. The lowest BCUT2D eigenvalue weighted by molar-refractivity contribution is -0.141. The minimum Gasteiger partial charge on any atom is -0.352 e. The first-order valence-corrected chi connectivity index (χ1v) is 14.5. The van der Waals surface area contributed by atoms with Crippen molar-refractivity contribution in [3.8, 4) is 0 Å². The van der Waals surface area contributed by atoms with Crippen molar-refractivity contribution in [2.75, 3.05) is 6.54 Å². The topological polar surface area (TPSA) is 104 Å². The van der Waals surface area contributed by atoms with Gasteiger partial charge >= 0.3 is 0 Å². The van der Waals surface area contributed by atoms with Crippen LogP contribution in [0.5, 0.6) is 0 Å². The third-order valence-corrected chi connectivity index (χ3v) is 8.92. The lowest BCUT2D eigenvalue weighted by atomic mass is 10.0. The van der Waals surface area contributed by atoms with E-state index in [1.54, 1.807) is 30.3 Å². The number of amides is 3. The highest BCUT2D eigenvalue weighted by Crippen LogP contribution is 2.30. The van der Waals surface area contributed by atoms with E-state index in [0.717, 1.165) is 5.56 Å². The van der Waals surface area contributed by atoms with Gasteiger partial charge in [0.2, 0.25) is 11.8 Å². The van der Waals surface area contributed by atoms with Crippen molar-refractivity contribution in [3.05, 3.63) is 101 Å². The number of hydrogen-bond acceptors (Lipinski definition) is 5. The summed E-state index contributed by atoms with van der Waals surface area (Å²) in [6.45, 7) is 3.00. The number of sulfonamides is 1. The van der Waals surface area contributed by atoms with Crippen molar-refractivity contribution < 1.29 is 22.8 Å². The minimum atomic E-state index is -4.22. The standard InChI is InChI=1S/C29H30ClN3O5S/c1-3-20(2)31-28(35)25(17-21-11-5-4-6-12-21)32(18-22-13-7-9-15-24(22)30)27(34)19-33-29(36)23-14-8-10-16-26(23)39(33,37)38/h4-16,20,25H,3,17-19H2,1-2H3,(H,31,35)/t20-,25-/m0/s1. The molecule has 0 bridgehead atoms. The quantitative estimate of drug-likeness (QED) is 0.398. The zero-order valence-electron chi connectivity index (χ0n) is 21.7. The number of hydrogen-bond donors (Lipinski definition) is 1. The highest BCUT2D eigenvalue weighted by Gasteiger charge is 2.43. The van der Waals surface area contributed by atoms with E-state index in [1.807, 2.05) is 44.2 Å². The maximum atomic E-state index is 13.9. The summed E-state index contributed by atoms with van der Waals surface area (Å²) in [5, 5.41) is 3.35. The van der Waals surface area contributed by atoms with Gasteiger partial charge in [0, 0.05) is 24.0 Å². The molecule has 0 fully saturated rings. The maximum absolute atomic E-state index is 13.9. The zero-order valence-corrected chi connectivity index (χ0v) is 23.3. The summed E-state index contributed by atoms with van der Waals surface area (Å²) in [6.07, 6.45) is 0.862. The van der Waals surface area contributed by atoms with Crippen molar-refractivity contribution in [2.24, 2.45) is 0 Å². The fourth-order valence-electron chi connectivity index (χ4n) is 4.41. The molecule has 3 aromatic rings. The van der Waals surface area contributed by atoms with Gasteiger partial charge in [-0.2, -0.15) is 0 Å². The third kappa shape index (κ3) is 6.15. The van der Waals surface area contributed by atoms with Crippen molar-refractivity contribution >= 4 is 39.3 Å². The van der Waals surface area contributed by atoms with Crippen LogP contribution in [0.3, 0.4) is 0 Å². The maximum Gasteiger partial charge on any atom is 0.269 e. The molecule has 0 unspecified atom stereocenters. The number of rotatable bonds is 10. The molecule has 3 amide bonds. The van der Waals surface area contributed by atoms with E-state index in [-0.39, 0.29) is 35.4 Å². The average molecular weight is 568 g/mol. The fraction of sp³-hybridized carbons (Fsp3) is 0.276. The van der Waals surface area contributed by atoms with E-state index >= 15 is 0 Å². The molecule has 1 aliphatic heterocycles. The Balaban J connectivity index is 1.73. The molecule has 4 rings (SSSR count). The summed E-state index contributed by atoms with van der Waals surface area (Å²) in [5.41, 5.74) is 1.41. The van der Waals surface area contributed by atoms with E-state index in [4.69, 9.17) is 11.6 Å². The van der Waals surface area contributed by atoms with Gasteiger partial charge in [0.05, 0.1) is 5.56 Å². The molecule has 10 heteroatoms. The van der Waals surface area contributed by atoms with Crippen LogP contribution in [0.2, 0.25) is 5.02 Å². The number of fused-ring (bicyclic) bond motifs is 1. The second kappa shape index (κ2) is 12.0. The Hall–Kier alpha value is -3.69. The monoisotopic (exact) mass is 567 g/mol. The minimum absolute atomic E-state index is 0.0123. The molecule has 1 aliphatic rings. The first kappa shape index (κ1) is 28.3. The Morgan fingerprint density at radius 3 is 2.28 bits per heavy atom. The number of carbonyl (C=O) groups excluding carboxylic acids is 3. The Bertz CT molecular complexity index is 1480. The summed E-state index contributed by atoms with van der Waals surface area (Å²) in [5.74, 6) is -1.85. The molecule has 2 atom stereocenters. The molecule has 0 radical (unpaired) electrons. The van der Waals surface area contributed by atoms with Gasteiger partial charge in [-0.25, -0.2) is 12.7 Å². The Kier molecular flexibility index (Phi) is 8.72. The molecular formula is C29H30ClN3O5S. The van der Waals surface area contributed by atoms with Gasteiger partial charge in [-0.1, -0.05) is 79.2 Å². The van der Waals surface area contributed by atoms with Crippen LogP contribution in [0.1, 0.15) is 41.8 Å². The average Bonchev–Trinajstić information content (AvgIpc) is 3.12. The molecule has 0 saturated carbocycles. The van der Waals surface area contributed by atoms with Gasteiger partial charge in [0.1, 0.15) is 17.5 Å². The highest BCUT2D eigenvalue weighted by molar-refractivity contribution is 7.90. The molecule has 1 heterocycles. The molecule has 204 valence electrons. The highest BCUT2D eigenvalue weighted by atomic mass is 35.5. The van der Waals surface area contributed by atoms with Gasteiger partial charge in [-0.15, -0.1) is 0 Å². The summed E-state index contributed by atoms with van der Waals surface area (Å²) >= 11 is 6.42.